The first-order valence-electron chi connectivity index (χ1n) is 5.06. The van der Waals surface area contributed by atoms with E-state index in [0.29, 0.717) is 16.6 Å². The van der Waals surface area contributed by atoms with Gasteiger partial charge in [0.15, 0.2) is 17.3 Å². The molecule has 0 unspecified atom stereocenters. The topological polar surface area (TPSA) is 80.5 Å². The Hall–Kier alpha value is -2.57. The SMILES string of the molecule is Nc1nc(F)c(-c2cnc3[nH]ncc3c2)cc1F. The Morgan fingerprint density at radius 3 is 2.83 bits per heavy atom. The van der Waals surface area contributed by atoms with E-state index in [0.717, 1.165) is 6.07 Å². The van der Waals surface area contributed by atoms with Crippen LogP contribution in [0.2, 0.25) is 0 Å². The zero-order valence-electron chi connectivity index (χ0n) is 8.98. The molecule has 0 aromatic carbocycles. The number of nitrogens with zero attached hydrogens (tertiary/aromatic N) is 3. The molecule has 5 nitrogen and oxygen atoms in total. The summed E-state index contributed by atoms with van der Waals surface area (Å²) in [6.07, 6.45) is 2.96. The van der Waals surface area contributed by atoms with Crippen molar-refractivity contribution in [2.24, 2.45) is 0 Å². The minimum atomic E-state index is -0.835. The van der Waals surface area contributed by atoms with Crippen LogP contribution >= 0.6 is 0 Å². The molecule has 0 fully saturated rings. The van der Waals surface area contributed by atoms with Gasteiger partial charge in [0.1, 0.15) is 0 Å². The first-order chi connectivity index (χ1) is 8.65. The Morgan fingerprint density at radius 2 is 2.00 bits per heavy atom. The second-order valence-electron chi connectivity index (χ2n) is 3.73. The lowest BCUT2D eigenvalue weighted by atomic mass is 10.1. The lowest BCUT2D eigenvalue weighted by molar-refractivity contribution is 0.569. The molecule has 0 bridgehead atoms. The fourth-order valence-electron chi connectivity index (χ4n) is 1.67. The first kappa shape index (κ1) is 10.6. The van der Waals surface area contributed by atoms with E-state index in [1.807, 2.05) is 0 Å². The van der Waals surface area contributed by atoms with Gasteiger partial charge in [-0.1, -0.05) is 0 Å². The third-order valence-electron chi connectivity index (χ3n) is 2.56. The maximum absolute atomic E-state index is 13.6. The summed E-state index contributed by atoms with van der Waals surface area (Å²) in [5.41, 5.74) is 6.18. The molecule has 3 N–H and O–H groups in total. The van der Waals surface area contributed by atoms with Crippen LogP contribution in [-0.2, 0) is 0 Å². The molecule has 0 aliphatic heterocycles. The number of pyridine rings is 2. The van der Waals surface area contributed by atoms with Gasteiger partial charge in [-0.25, -0.2) is 9.37 Å². The summed E-state index contributed by atoms with van der Waals surface area (Å²) in [7, 11) is 0. The summed E-state index contributed by atoms with van der Waals surface area (Å²) in [5, 5.41) is 7.17. The quantitative estimate of drug-likeness (QED) is 0.643. The second kappa shape index (κ2) is 3.73. The predicted molar refractivity (Wildman–Crippen MR) is 61.4 cm³/mol. The highest BCUT2D eigenvalue weighted by molar-refractivity contribution is 5.80. The van der Waals surface area contributed by atoms with Gasteiger partial charge in [0, 0.05) is 22.7 Å². The van der Waals surface area contributed by atoms with E-state index in [-0.39, 0.29) is 5.56 Å². The van der Waals surface area contributed by atoms with Crippen molar-refractivity contribution in [3.05, 3.63) is 36.3 Å². The third kappa shape index (κ3) is 1.56. The van der Waals surface area contributed by atoms with E-state index in [4.69, 9.17) is 5.73 Å². The number of nitrogen functional groups attached to an aromatic ring is 1. The summed E-state index contributed by atoms with van der Waals surface area (Å²) in [6, 6.07) is 2.64. The Labute approximate surface area is 99.7 Å². The number of halogens is 2. The van der Waals surface area contributed by atoms with Crippen LogP contribution < -0.4 is 5.73 Å². The van der Waals surface area contributed by atoms with Crippen LogP contribution in [0.5, 0.6) is 0 Å². The molecular formula is C11H7F2N5. The third-order valence-corrected chi connectivity index (χ3v) is 2.56. The summed E-state index contributed by atoms with van der Waals surface area (Å²) < 4.78 is 26.9. The molecule has 0 atom stereocenters. The van der Waals surface area contributed by atoms with Gasteiger partial charge >= 0.3 is 0 Å². The minimum absolute atomic E-state index is 0.0114. The molecule has 0 spiro atoms. The normalized spacial score (nSPS) is 11.0. The number of H-pyrrole nitrogens is 1. The van der Waals surface area contributed by atoms with Gasteiger partial charge in [0.25, 0.3) is 0 Å². The molecule has 90 valence electrons. The molecule has 0 radical (unpaired) electrons. The number of aromatic nitrogens is 4. The summed E-state index contributed by atoms with van der Waals surface area (Å²) >= 11 is 0. The van der Waals surface area contributed by atoms with E-state index in [1.54, 1.807) is 12.3 Å². The van der Waals surface area contributed by atoms with Crippen LogP contribution in [0.15, 0.2) is 24.5 Å². The highest BCUT2D eigenvalue weighted by atomic mass is 19.1. The molecule has 0 aliphatic rings. The first-order valence-corrected chi connectivity index (χ1v) is 5.06. The van der Waals surface area contributed by atoms with Crippen LogP contribution in [0.25, 0.3) is 22.2 Å². The molecule has 0 amide bonds. The van der Waals surface area contributed by atoms with E-state index in [1.165, 1.54) is 6.20 Å². The van der Waals surface area contributed by atoms with Crippen LogP contribution in [0.3, 0.4) is 0 Å². The number of hydrogen-bond donors (Lipinski definition) is 2. The Balaban J connectivity index is 2.21. The lowest BCUT2D eigenvalue weighted by Crippen LogP contribution is -1.99. The Morgan fingerprint density at radius 1 is 1.17 bits per heavy atom. The van der Waals surface area contributed by atoms with Crippen molar-refractivity contribution in [3.8, 4) is 11.1 Å². The number of rotatable bonds is 1. The van der Waals surface area contributed by atoms with Crippen molar-refractivity contribution in [1.29, 1.82) is 0 Å². The second-order valence-corrected chi connectivity index (χ2v) is 3.73. The van der Waals surface area contributed by atoms with E-state index < -0.39 is 17.6 Å². The van der Waals surface area contributed by atoms with Crippen molar-refractivity contribution in [2.45, 2.75) is 0 Å². The molecule has 7 heteroatoms. The molecule has 0 saturated carbocycles. The monoisotopic (exact) mass is 247 g/mol. The van der Waals surface area contributed by atoms with E-state index in [9.17, 15) is 8.78 Å². The van der Waals surface area contributed by atoms with E-state index in [2.05, 4.69) is 20.2 Å². The van der Waals surface area contributed by atoms with Gasteiger partial charge in [-0.15, -0.1) is 0 Å². The highest BCUT2D eigenvalue weighted by Gasteiger charge is 2.12. The lowest BCUT2D eigenvalue weighted by Gasteiger charge is -2.04. The number of anilines is 1. The van der Waals surface area contributed by atoms with Crippen LogP contribution in [0.1, 0.15) is 0 Å². The summed E-state index contributed by atoms with van der Waals surface area (Å²) in [4.78, 5) is 7.35. The van der Waals surface area contributed by atoms with E-state index >= 15 is 0 Å². The van der Waals surface area contributed by atoms with Crippen LogP contribution in [0.4, 0.5) is 14.6 Å². The molecule has 3 aromatic rings. The highest BCUT2D eigenvalue weighted by Crippen LogP contribution is 2.25. The Bertz CT molecular complexity index is 737. The minimum Gasteiger partial charge on any atom is -0.381 e. The largest absolute Gasteiger partial charge is 0.381 e. The molecule has 3 aromatic heterocycles. The number of fused-ring (bicyclic) bond motifs is 1. The molecule has 18 heavy (non-hydrogen) atoms. The van der Waals surface area contributed by atoms with Gasteiger partial charge in [-0.2, -0.15) is 14.5 Å². The number of aromatic amines is 1. The van der Waals surface area contributed by atoms with Crippen molar-refractivity contribution in [3.63, 3.8) is 0 Å². The molecule has 0 saturated heterocycles. The van der Waals surface area contributed by atoms with Gasteiger partial charge in [-0.3, -0.25) is 5.10 Å². The maximum Gasteiger partial charge on any atom is 0.222 e. The molecule has 3 rings (SSSR count). The fourth-order valence-corrected chi connectivity index (χ4v) is 1.67. The Kier molecular flexibility index (Phi) is 2.19. The molecular weight excluding hydrogens is 240 g/mol. The van der Waals surface area contributed by atoms with Crippen molar-refractivity contribution < 1.29 is 8.78 Å². The predicted octanol–water partition coefficient (Wildman–Crippen LogP) is 1.88. The standard InChI is InChI=1S/C11H7F2N5/c12-8-2-7(9(13)17-10(8)14)5-1-6-4-16-18-11(6)15-3-5/h1-4H,(H2,14,17)(H,15,16,18). The average Bonchev–Trinajstić information content (AvgIpc) is 2.80. The number of hydrogen-bond acceptors (Lipinski definition) is 4. The maximum atomic E-state index is 13.6. The number of nitrogens with two attached hydrogens (primary N) is 1. The number of nitrogens with one attached hydrogen (secondary N) is 1. The van der Waals surface area contributed by atoms with Crippen molar-refractivity contribution >= 4 is 16.9 Å². The van der Waals surface area contributed by atoms with Gasteiger partial charge < -0.3 is 5.73 Å². The van der Waals surface area contributed by atoms with Crippen molar-refractivity contribution in [1.82, 2.24) is 20.2 Å². The molecule has 0 aliphatic carbocycles. The fraction of sp³-hybridized carbons (Fsp3) is 0. The average molecular weight is 247 g/mol. The van der Waals surface area contributed by atoms with Gasteiger partial charge in [-0.05, 0) is 12.1 Å². The molecule has 3 heterocycles. The zero-order chi connectivity index (χ0) is 12.7. The van der Waals surface area contributed by atoms with Gasteiger partial charge in [0.2, 0.25) is 5.95 Å². The smallest absolute Gasteiger partial charge is 0.222 e. The summed E-state index contributed by atoms with van der Waals surface area (Å²) in [6.45, 7) is 0. The van der Waals surface area contributed by atoms with Crippen LogP contribution in [0, 0.1) is 11.8 Å². The summed E-state index contributed by atoms with van der Waals surface area (Å²) in [5.74, 6) is -2.06. The van der Waals surface area contributed by atoms with Crippen molar-refractivity contribution in [2.75, 3.05) is 5.73 Å². The zero-order valence-corrected chi connectivity index (χ0v) is 8.98. The van der Waals surface area contributed by atoms with Crippen LogP contribution in [-0.4, -0.2) is 20.2 Å². The van der Waals surface area contributed by atoms with Gasteiger partial charge in [0.05, 0.1) is 6.20 Å².